The standard InChI is InChI=1S/C15H16N2O2/c1-2-3-13(16)10-5-4-9-6-12(8-11(9)7-10)14(18)15(17)19/h2-5,7,12H,1,6,8,16H2,(H2,17,19)/b13-3-. The lowest BCUT2D eigenvalue weighted by molar-refractivity contribution is -0.138. The number of hydrogen-bond acceptors (Lipinski definition) is 3. The number of rotatable bonds is 4. The van der Waals surface area contributed by atoms with Gasteiger partial charge in [0.05, 0.1) is 0 Å². The summed E-state index contributed by atoms with van der Waals surface area (Å²) in [5.41, 5.74) is 14.6. The van der Waals surface area contributed by atoms with Crippen LogP contribution in [0.4, 0.5) is 0 Å². The van der Waals surface area contributed by atoms with Crippen LogP contribution in [0, 0.1) is 5.92 Å². The van der Waals surface area contributed by atoms with E-state index in [1.165, 1.54) is 0 Å². The number of carbonyl (C=O) groups excluding carboxylic acids is 2. The van der Waals surface area contributed by atoms with Gasteiger partial charge in [-0.15, -0.1) is 0 Å². The fourth-order valence-electron chi connectivity index (χ4n) is 2.41. The Kier molecular flexibility index (Phi) is 3.51. The van der Waals surface area contributed by atoms with Crippen LogP contribution in [0.3, 0.4) is 0 Å². The lowest BCUT2D eigenvalue weighted by Crippen LogP contribution is -2.30. The molecule has 1 unspecified atom stereocenters. The number of carbonyl (C=O) groups is 2. The first-order valence-corrected chi connectivity index (χ1v) is 6.07. The van der Waals surface area contributed by atoms with Crippen LogP contribution in [0.1, 0.15) is 16.7 Å². The van der Waals surface area contributed by atoms with Crippen LogP contribution in [0.2, 0.25) is 0 Å². The van der Waals surface area contributed by atoms with Crippen molar-refractivity contribution < 1.29 is 9.59 Å². The molecular weight excluding hydrogens is 240 g/mol. The molecule has 0 saturated heterocycles. The minimum Gasteiger partial charge on any atom is -0.398 e. The number of fused-ring (bicyclic) bond motifs is 1. The van der Waals surface area contributed by atoms with E-state index in [0.29, 0.717) is 18.5 Å². The Labute approximate surface area is 111 Å². The van der Waals surface area contributed by atoms with Crippen molar-refractivity contribution in [2.45, 2.75) is 12.8 Å². The summed E-state index contributed by atoms with van der Waals surface area (Å²) < 4.78 is 0. The van der Waals surface area contributed by atoms with E-state index in [9.17, 15) is 9.59 Å². The van der Waals surface area contributed by atoms with Crippen LogP contribution in [0.5, 0.6) is 0 Å². The number of nitrogens with two attached hydrogens (primary N) is 2. The minimum absolute atomic E-state index is 0.327. The zero-order valence-electron chi connectivity index (χ0n) is 10.6. The van der Waals surface area contributed by atoms with Crippen LogP contribution in [-0.2, 0) is 22.4 Å². The first-order valence-electron chi connectivity index (χ1n) is 6.07. The van der Waals surface area contributed by atoms with Gasteiger partial charge in [-0.25, -0.2) is 0 Å². The van der Waals surface area contributed by atoms with E-state index in [-0.39, 0.29) is 5.92 Å². The van der Waals surface area contributed by atoms with Crippen molar-refractivity contribution in [2.75, 3.05) is 0 Å². The predicted molar refractivity (Wildman–Crippen MR) is 73.9 cm³/mol. The summed E-state index contributed by atoms with van der Waals surface area (Å²) in [7, 11) is 0. The average Bonchev–Trinajstić information content (AvgIpc) is 2.80. The van der Waals surface area contributed by atoms with Gasteiger partial charge in [0.2, 0.25) is 5.78 Å². The number of Topliss-reactive ketones (excluding diaryl/α,β-unsaturated/α-hetero) is 1. The quantitative estimate of drug-likeness (QED) is 0.621. The van der Waals surface area contributed by atoms with Crippen LogP contribution in [0.25, 0.3) is 5.70 Å². The Morgan fingerprint density at radius 3 is 2.53 bits per heavy atom. The van der Waals surface area contributed by atoms with Crippen molar-refractivity contribution in [2.24, 2.45) is 17.4 Å². The first-order chi connectivity index (χ1) is 9.02. The molecule has 4 heteroatoms. The molecule has 0 spiro atoms. The summed E-state index contributed by atoms with van der Waals surface area (Å²) in [4.78, 5) is 22.5. The van der Waals surface area contributed by atoms with Gasteiger partial charge in [0, 0.05) is 11.6 Å². The van der Waals surface area contributed by atoms with Crippen molar-refractivity contribution in [3.05, 3.63) is 53.6 Å². The summed E-state index contributed by atoms with van der Waals surface area (Å²) in [5.74, 6) is -1.68. The molecule has 98 valence electrons. The molecule has 19 heavy (non-hydrogen) atoms. The van der Waals surface area contributed by atoms with Gasteiger partial charge in [-0.05, 0) is 41.7 Å². The van der Waals surface area contributed by atoms with Gasteiger partial charge in [-0.2, -0.15) is 0 Å². The summed E-state index contributed by atoms with van der Waals surface area (Å²) in [6.45, 7) is 3.60. The molecule has 4 nitrogen and oxygen atoms in total. The monoisotopic (exact) mass is 256 g/mol. The molecule has 0 aromatic heterocycles. The third kappa shape index (κ3) is 2.57. The second kappa shape index (κ2) is 5.10. The number of ketones is 1. The summed E-state index contributed by atoms with van der Waals surface area (Å²) in [6, 6.07) is 5.81. The number of allylic oxidation sites excluding steroid dienone is 2. The highest BCUT2D eigenvalue weighted by Gasteiger charge is 2.30. The Balaban J connectivity index is 2.25. The van der Waals surface area contributed by atoms with Gasteiger partial charge >= 0.3 is 0 Å². The Bertz CT molecular complexity index is 588. The minimum atomic E-state index is -0.857. The highest BCUT2D eigenvalue weighted by molar-refractivity contribution is 6.36. The lowest BCUT2D eigenvalue weighted by Gasteiger charge is -2.04. The number of amides is 1. The highest BCUT2D eigenvalue weighted by atomic mass is 16.2. The Morgan fingerprint density at radius 1 is 1.21 bits per heavy atom. The molecule has 1 aliphatic rings. The molecule has 1 aromatic carbocycles. The van der Waals surface area contributed by atoms with E-state index in [0.717, 1.165) is 16.7 Å². The summed E-state index contributed by atoms with van der Waals surface area (Å²) >= 11 is 0. The second-order valence-corrected chi connectivity index (χ2v) is 4.67. The van der Waals surface area contributed by atoms with Crippen molar-refractivity contribution in [3.8, 4) is 0 Å². The molecule has 1 amide bonds. The molecule has 1 aliphatic carbocycles. The summed E-state index contributed by atoms with van der Waals surface area (Å²) in [6.07, 6.45) is 4.47. The fraction of sp³-hybridized carbons (Fsp3) is 0.200. The summed E-state index contributed by atoms with van der Waals surface area (Å²) in [5, 5.41) is 0. The van der Waals surface area contributed by atoms with Crippen LogP contribution < -0.4 is 11.5 Å². The van der Waals surface area contributed by atoms with Gasteiger partial charge in [-0.3, -0.25) is 9.59 Å². The third-order valence-corrected chi connectivity index (χ3v) is 3.38. The zero-order chi connectivity index (χ0) is 14.0. The van der Waals surface area contributed by atoms with E-state index in [1.54, 1.807) is 12.2 Å². The molecular formula is C15H16N2O2. The van der Waals surface area contributed by atoms with Crippen LogP contribution >= 0.6 is 0 Å². The molecule has 0 bridgehead atoms. The molecule has 2 rings (SSSR count). The maximum atomic E-state index is 11.6. The smallest absolute Gasteiger partial charge is 0.285 e. The fourth-order valence-corrected chi connectivity index (χ4v) is 2.41. The van der Waals surface area contributed by atoms with Crippen molar-refractivity contribution in [1.82, 2.24) is 0 Å². The van der Waals surface area contributed by atoms with Gasteiger partial charge in [0.1, 0.15) is 0 Å². The number of primary amides is 1. The molecule has 0 heterocycles. The first kappa shape index (κ1) is 13.1. The zero-order valence-corrected chi connectivity index (χ0v) is 10.6. The average molecular weight is 256 g/mol. The van der Waals surface area contributed by atoms with E-state index >= 15 is 0 Å². The predicted octanol–water partition coefficient (Wildman–Crippen LogP) is 0.941. The van der Waals surface area contributed by atoms with Crippen LogP contribution in [0.15, 0.2) is 36.9 Å². The van der Waals surface area contributed by atoms with Gasteiger partial charge < -0.3 is 11.5 Å². The second-order valence-electron chi connectivity index (χ2n) is 4.67. The Hall–Kier alpha value is -2.36. The topological polar surface area (TPSA) is 86.2 Å². The van der Waals surface area contributed by atoms with Crippen molar-refractivity contribution in [1.29, 1.82) is 0 Å². The highest BCUT2D eigenvalue weighted by Crippen LogP contribution is 2.29. The lowest BCUT2D eigenvalue weighted by atomic mass is 10.0. The Morgan fingerprint density at radius 2 is 1.89 bits per heavy atom. The van der Waals surface area contributed by atoms with E-state index in [4.69, 9.17) is 11.5 Å². The molecule has 1 aromatic rings. The van der Waals surface area contributed by atoms with E-state index < -0.39 is 11.7 Å². The molecule has 1 atom stereocenters. The number of hydrogen-bond donors (Lipinski definition) is 2. The molecule has 4 N–H and O–H groups in total. The van der Waals surface area contributed by atoms with Gasteiger partial charge in [0.25, 0.3) is 5.91 Å². The maximum absolute atomic E-state index is 11.6. The molecule has 0 fully saturated rings. The van der Waals surface area contributed by atoms with Crippen molar-refractivity contribution in [3.63, 3.8) is 0 Å². The normalized spacial score (nSPS) is 17.9. The van der Waals surface area contributed by atoms with Gasteiger partial charge in [0.15, 0.2) is 0 Å². The number of benzene rings is 1. The molecule has 0 saturated carbocycles. The molecule has 0 radical (unpaired) electrons. The third-order valence-electron chi connectivity index (χ3n) is 3.38. The molecule has 0 aliphatic heterocycles. The maximum Gasteiger partial charge on any atom is 0.285 e. The van der Waals surface area contributed by atoms with Gasteiger partial charge in [-0.1, -0.05) is 24.8 Å². The van der Waals surface area contributed by atoms with Crippen LogP contribution in [-0.4, -0.2) is 11.7 Å². The van der Waals surface area contributed by atoms with E-state index in [2.05, 4.69) is 6.58 Å². The SMILES string of the molecule is C=C/C=C(\N)c1ccc2c(c1)CC(C(=O)C(N)=O)C2. The largest absolute Gasteiger partial charge is 0.398 e. The van der Waals surface area contributed by atoms with Crippen molar-refractivity contribution >= 4 is 17.4 Å². The van der Waals surface area contributed by atoms with E-state index in [1.807, 2.05) is 18.2 Å².